The molecule has 0 unspecified atom stereocenters. The molecule has 1 fully saturated rings. The van der Waals surface area contributed by atoms with Crippen LogP contribution in [0.15, 0.2) is 65.1 Å². The van der Waals surface area contributed by atoms with E-state index in [1.807, 2.05) is 23.1 Å². The van der Waals surface area contributed by atoms with Crippen LogP contribution in [0.1, 0.15) is 10.6 Å². The molecule has 2 heterocycles. The van der Waals surface area contributed by atoms with Gasteiger partial charge in [0.1, 0.15) is 5.76 Å². The zero-order chi connectivity index (χ0) is 18.8. The zero-order valence-electron chi connectivity index (χ0n) is 14.6. The van der Waals surface area contributed by atoms with E-state index in [9.17, 15) is 4.79 Å². The van der Waals surface area contributed by atoms with Crippen molar-refractivity contribution < 1.29 is 9.21 Å². The maximum Gasteiger partial charge on any atom is 0.289 e. The molecule has 27 heavy (non-hydrogen) atoms. The number of piperazine rings is 1. The van der Waals surface area contributed by atoms with Gasteiger partial charge < -0.3 is 14.2 Å². The van der Waals surface area contributed by atoms with Crippen LogP contribution in [0.2, 0.25) is 10.0 Å². The van der Waals surface area contributed by atoms with Gasteiger partial charge in [0.2, 0.25) is 0 Å². The fourth-order valence-corrected chi connectivity index (χ4v) is 3.63. The predicted octanol–water partition coefficient (Wildman–Crippen LogP) is 5.22. The fraction of sp³-hybridized carbons (Fsp3) is 0.190. The van der Waals surface area contributed by atoms with Crippen LogP contribution in [-0.4, -0.2) is 37.0 Å². The van der Waals surface area contributed by atoms with Crippen LogP contribution in [0.4, 0.5) is 5.69 Å². The van der Waals surface area contributed by atoms with Crippen LogP contribution in [0.3, 0.4) is 0 Å². The van der Waals surface area contributed by atoms with Crippen molar-refractivity contribution in [2.45, 2.75) is 0 Å². The summed E-state index contributed by atoms with van der Waals surface area (Å²) >= 11 is 12.3. The van der Waals surface area contributed by atoms with E-state index in [0.717, 1.165) is 13.1 Å². The number of furan rings is 1. The topological polar surface area (TPSA) is 36.7 Å². The van der Waals surface area contributed by atoms with Gasteiger partial charge in [-0.3, -0.25) is 4.79 Å². The van der Waals surface area contributed by atoms with Crippen molar-refractivity contribution in [3.05, 3.63) is 76.5 Å². The van der Waals surface area contributed by atoms with Gasteiger partial charge in [-0.1, -0.05) is 41.4 Å². The molecule has 3 aromatic rings. The number of rotatable bonds is 3. The molecular formula is C21H18Cl2N2O2. The molecule has 0 saturated carbocycles. The van der Waals surface area contributed by atoms with Crippen LogP contribution in [0, 0.1) is 0 Å². The number of halogens is 2. The molecule has 0 spiro atoms. The predicted molar refractivity (Wildman–Crippen MR) is 109 cm³/mol. The van der Waals surface area contributed by atoms with E-state index in [1.54, 1.807) is 30.3 Å². The smallest absolute Gasteiger partial charge is 0.289 e. The van der Waals surface area contributed by atoms with E-state index < -0.39 is 0 Å². The normalized spacial score (nSPS) is 14.4. The first-order valence-corrected chi connectivity index (χ1v) is 9.52. The standard InChI is InChI=1S/C21H18Cl2N2O2/c22-15-6-7-18(23)17(14-15)19-8-9-20(27-19)21(26)25-12-10-24(11-13-25)16-4-2-1-3-5-16/h1-9,14H,10-13H2. The van der Waals surface area contributed by atoms with Gasteiger partial charge in [0.25, 0.3) is 5.91 Å². The van der Waals surface area contributed by atoms with Crippen LogP contribution in [0.25, 0.3) is 11.3 Å². The van der Waals surface area contributed by atoms with Crippen molar-refractivity contribution in [3.63, 3.8) is 0 Å². The quantitative estimate of drug-likeness (QED) is 0.604. The summed E-state index contributed by atoms with van der Waals surface area (Å²) in [4.78, 5) is 16.9. The minimum atomic E-state index is -0.105. The molecular weight excluding hydrogens is 383 g/mol. The van der Waals surface area contributed by atoms with Gasteiger partial charge in [0, 0.05) is 42.5 Å². The lowest BCUT2D eigenvalue weighted by atomic mass is 10.2. The first-order chi connectivity index (χ1) is 13.1. The second kappa shape index (κ2) is 7.67. The third-order valence-corrected chi connectivity index (χ3v) is 5.26. The first kappa shape index (κ1) is 18.0. The molecule has 1 aromatic heterocycles. The lowest BCUT2D eigenvalue weighted by molar-refractivity contribution is 0.0715. The Bertz CT molecular complexity index is 948. The third-order valence-electron chi connectivity index (χ3n) is 4.70. The second-order valence-electron chi connectivity index (χ2n) is 6.40. The Labute approximate surface area is 167 Å². The minimum Gasteiger partial charge on any atom is -0.451 e. The Hall–Kier alpha value is -2.43. The van der Waals surface area contributed by atoms with E-state index in [-0.39, 0.29) is 5.91 Å². The summed E-state index contributed by atoms with van der Waals surface area (Å²) < 4.78 is 5.78. The molecule has 4 nitrogen and oxygen atoms in total. The van der Waals surface area contributed by atoms with Gasteiger partial charge in [-0.25, -0.2) is 0 Å². The molecule has 2 aromatic carbocycles. The van der Waals surface area contributed by atoms with Gasteiger partial charge in [-0.05, 0) is 42.5 Å². The van der Waals surface area contributed by atoms with Crippen molar-refractivity contribution >= 4 is 34.8 Å². The second-order valence-corrected chi connectivity index (χ2v) is 7.25. The number of hydrogen-bond donors (Lipinski definition) is 0. The molecule has 0 N–H and O–H groups in total. The molecule has 1 saturated heterocycles. The third kappa shape index (κ3) is 3.82. The van der Waals surface area contributed by atoms with Crippen LogP contribution in [0.5, 0.6) is 0 Å². The number of anilines is 1. The monoisotopic (exact) mass is 400 g/mol. The average molecular weight is 401 g/mol. The summed E-state index contributed by atoms with van der Waals surface area (Å²) in [5.74, 6) is 0.745. The average Bonchev–Trinajstić information content (AvgIpc) is 3.20. The Balaban J connectivity index is 1.45. The number of carbonyl (C=O) groups excluding carboxylic acids is 1. The van der Waals surface area contributed by atoms with Gasteiger partial charge in [0.15, 0.2) is 5.76 Å². The molecule has 0 aliphatic carbocycles. The van der Waals surface area contributed by atoms with Gasteiger partial charge >= 0.3 is 0 Å². The fourth-order valence-electron chi connectivity index (χ4n) is 3.25. The molecule has 138 valence electrons. The van der Waals surface area contributed by atoms with E-state index >= 15 is 0 Å². The summed E-state index contributed by atoms with van der Waals surface area (Å²) in [5.41, 5.74) is 1.86. The van der Waals surface area contributed by atoms with Gasteiger partial charge in [0.05, 0.1) is 5.02 Å². The van der Waals surface area contributed by atoms with E-state index in [0.29, 0.717) is 40.2 Å². The first-order valence-electron chi connectivity index (χ1n) is 8.76. The highest BCUT2D eigenvalue weighted by atomic mass is 35.5. The molecule has 6 heteroatoms. The summed E-state index contributed by atoms with van der Waals surface area (Å²) in [6, 6.07) is 18.8. The van der Waals surface area contributed by atoms with Crippen molar-refractivity contribution in [2.75, 3.05) is 31.1 Å². The van der Waals surface area contributed by atoms with E-state index in [1.165, 1.54) is 5.69 Å². The Morgan fingerprint density at radius 1 is 0.889 bits per heavy atom. The highest BCUT2D eigenvalue weighted by molar-refractivity contribution is 6.35. The highest BCUT2D eigenvalue weighted by Gasteiger charge is 2.24. The van der Waals surface area contributed by atoms with Crippen molar-refractivity contribution in [2.24, 2.45) is 0 Å². The molecule has 0 atom stereocenters. The molecule has 0 radical (unpaired) electrons. The number of para-hydroxylation sites is 1. The largest absolute Gasteiger partial charge is 0.451 e. The summed E-state index contributed by atoms with van der Waals surface area (Å²) in [6.07, 6.45) is 0. The minimum absolute atomic E-state index is 0.105. The summed E-state index contributed by atoms with van der Waals surface area (Å²) in [6.45, 7) is 2.90. The van der Waals surface area contributed by atoms with E-state index in [2.05, 4.69) is 17.0 Å². The Morgan fingerprint density at radius 2 is 1.63 bits per heavy atom. The molecule has 1 aliphatic heterocycles. The van der Waals surface area contributed by atoms with Gasteiger partial charge in [-0.2, -0.15) is 0 Å². The van der Waals surface area contributed by atoms with Crippen molar-refractivity contribution in [3.8, 4) is 11.3 Å². The Morgan fingerprint density at radius 3 is 2.37 bits per heavy atom. The SMILES string of the molecule is O=C(c1ccc(-c2cc(Cl)ccc2Cl)o1)N1CCN(c2ccccc2)CC1. The summed E-state index contributed by atoms with van der Waals surface area (Å²) in [7, 11) is 0. The number of hydrogen-bond acceptors (Lipinski definition) is 3. The molecule has 1 amide bonds. The lowest BCUT2D eigenvalue weighted by Gasteiger charge is -2.35. The van der Waals surface area contributed by atoms with Crippen LogP contribution < -0.4 is 4.90 Å². The Kier molecular flexibility index (Phi) is 5.10. The molecule has 1 aliphatic rings. The van der Waals surface area contributed by atoms with E-state index in [4.69, 9.17) is 27.6 Å². The number of nitrogens with zero attached hydrogens (tertiary/aromatic N) is 2. The maximum absolute atomic E-state index is 12.8. The molecule has 4 rings (SSSR count). The number of carbonyl (C=O) groups is 1. The van der Waals surface area contributed by atoms with Crippen molar-refractivity contribution in [1.29, 1.82) is 0 Å². The lowest BCUT2D eigenvalue weighted by Crippen LogP contribution is -2.48. The van der Waals surface area contributed by atoms with Crippen LogP contribution in [-0.2, 0) is 0 Å². The van der Waals surface area contributed by atoms with Crippen molar-refractivity contribution in [1.82, 2.24) is 4.90 Å². The molecule has 0 bridgehead atoms. The number of amides is 1. The number of benzene rings is 2. The van der Waals surface area contributed by atoms with Crippen LogP contribution >= 0.6 is 23.2 Å². The summed E-state index contributed by atoms with van der Waals surface area (Å²) in [5, 5.41) is 1.10. The van der Waals surface area contributed by atoms with Gasteiger partial charge in [-0.15, -0.1) is 0 Å². The zero-order valence-corrected chi connectivity index (χ0v) is 16.1. The maximum atomic E-state index is 12.8. The highest BCUT2D eigenvalue weighted by Crippen LogP contribution is 2.32.